The van der Waals surface area contributed by atoms with Gasteiger partial charge in [0.2, 0.25) is 0 Å². The van der Waals surface area contributed by atoms with Crippen molar-refractivity contribution >= 4 is 71.6 Å². The van der Waals surface area contributed by atoms with Crippen LogP contribution in [0.1, 0.15) is 274 Å². The lowest BCUT2D eigenvalue weighted by atomic mass is 9.71. The summed E-state index contributed by atoms with van der Waals surface area (Å²) in [5, 5.41) is 2.53. The van der Waals surface area contributed by atoms with E-state index in [1.807, 2.05) is 24.3 Å². The van der Waals surface area contributed by atoms with Gasteiger partial charge in [0.05, 0.1) is 22.4 Å². The van der Waals surface area contributed by atoms with Gasteiger partial charge in [-0.2, -0.15) is 0 Å². The molecule has 0 aromatic heterocycles. The van der Waals surface area contributed by atoms with Crippen LogP contribution < -0.4 is 20.4 Å². The van der Waals surface area contributed by atoms with E-state index in [-0.39, 0.29) is 0 Å². The van der Waals surface area contributed by atoms with Crippen LogP contribution in [0, 0.1) is 0 Å². The summed E-state index contributed by atoms with van der Waals surface area (Å²) >= 11 is 25.8. The topological polar surface area (TPSA) is 55.4 Å². The van der Waals surface area contributed by atoms with Crippen molar-refractivity contribution in [2.45, 2.75) is 296 Å². The van der Waals surface area contributed by atoms with Crippen molar-refractivity contribution in [2.24, 2.45) is 0 Å². The fourth-order valence-electron chi connectivity index (χ4n) is 14.3. The zero-order valence-corrected chi connectivity index (χ0v) is 62.3. The number of benzene rings is 6. The average molecular weight is 1360 g/mol. The zero-order chi connectivity index (χ0) is 67.3. The Balaban J connectivity index is 0.000000222. The molecule has 10 rings (SSSR count). The minimum atomic E-state index is -0.430. The number of rotatable bonds is 32. The van der Waals surface area contributed by atoms with Crippen molar-refractivity contribution in [2.75, 3.05) is 0 Å². The maximum absolute atomic E-state index is 7.41. The van der Waals surface area contributed by atoms with Crippen molar-refractivity contribution in [3.8, 4) is 56.0 Å². The van der Waals surface area contributed by atoms with Gasteiger partial charge in [-0.3, -0.25) is 0 Å². The summed E-state index contributed by atoms with van der Waals surface area (Å²) in [5.41, 5.74) is 11.1. The molecule has 0 saturated carbocycles. The molecule has 6 nitrogen and oxygen atoms in total. The highest BCUT2D eigenvalue weighted by Gasteiger charge is 2.54. The van der Waals surface area contributed by atoms with E-state index in [2.05, 4.69) is 156 Å². The molecular weight excluding hydrogens is 1240 g/mol. The predicted molar refractivity (Wildman–Crippen MR) is 403 cm³/mol. The second-order valence-corrected chi connectivity index (χ2v) is 31.5. The van der Waals surface area contributed by atoms with Crippen LogP contribution in [0.25, 0.3) is 44.5 Å². The summed E-state index contributed by atoms with van der Waals surface area (Å²) in [7, 11) is -0.837. The van der Waals surface area contributed by atoms with Crippen LogP contribution in [-0.4, -0.2) is 36.6 Å². The Morgan fingerprint density at radius 3 is 0.947 bits per heavy atom. The maximum atomic E-state index is 7.41. The quantitative estimate of drug-likeness (QED) is 0.0310. The lowest BCUT2D eigenvalue weighted by Gasteiger charge is -2.41. The number of hydrogen-bond donors (Lipinski definition) is 0. The molecule has 0 N–H and O–H groups in total. The second-order valence-electron chi connectivity index (χ2n) is 29.8. The summed E-state index contributed by atoms with van der Waals surface area (Å²) in [6, 6.07) is 38.2. The normalized spacial score (nSPS) is 17.3. The van der Waals surface area contributed by atoms with E-state index in [4.69, 9.17) is 74.5 Å². The molecular formula is C82H110B2Cl4O6. The molecule has 4 aliphatic rings. The summed E-state index contributed by atoms with van der Waals surface area (Å²) in [6.45, 7) is 26.1. The van der Waals surface area contributed by atoms with Crippen molar-refractivity contribution in [3.05, 3.63) is 140 Å². The third-order valence-electron chi connectivity index (χ3n) is 21.4. The first kappa shape index (κ1) is 74.3. The first-order valence-electron chi connectivity index (χ1n) is 36.6. The van der Waals surface area contributed by atoms with Crippen molar-refractivity contribution in [1.29, 1.82) is 0 Å². The number of halogens is 4. The van der Waals surface area contributed by atoms with Crippen LogP contribution in [0.3, 0.4) is 0 Å². The van der Waals surface area contributed by atoms with E-state index >= 15 is 0 Å². The van der Waals surface area contributed by atoms with Gasteiger partial charge in [0.25, 0.3) is 0 Å². The molecule has 4 aliphatic heterocycles. The zero-order valence-electron chi connectivity index (χ0n) is 59.3. The van der Waals surface area contributed by atoms with Gasteiger partial charge in [0.1, 0.15) is 22.7 Å². The van der Waals surface area contributed by atoms with Crippen LogP contribution in [0.15, 0.2) is 109 Å². The van der Waals surface area contributed by atoms with Crippen LogP contribution in [0.5, 0.6) is 11.5 Å². The van der Waals surface area contributed by atoms with E-state index in [9.17, 15) is 0 Å². The summed E-state index contributed by atoms with van der Waals surface area (Å²) in [5.74, 6) is 1.87. The number of hydrogen-bond acceptors (Lipinski definition) is 6. The molecule has 2 saturated heterocycles. The van der Waals surface area contributed by atoms with Gasteiger partial charge in [-0.05, 0) is 206 Å². The largest absolute Gasteiger partial charge is 0.494 e. The van der Waals surface area contributed by atoms with Gasteiger partial charge >= 0.3 is 14.2 Å². The van der Waals surface area contributed by atoms with Crippen LogP contribution in [0.2, 0.25) is 20.1 Å². The van der Waals surface area contributed by atoms with E-state index < -0.39 is 47.8 Å². The van der Waals surface area contributed by atoms with Gasteiger partial charge in [0, 0.05) is 42.3 Å². The second kappa shape index (κ2) is 33.3. The Kier molecular flexibility index (Phi) is 26.3. The Morgan fingerprint density at radius 2 is 0.574 bits per heavy atom. The lowest BCUT2D eigenvalue weighted by molar-refractivity contribution is 0.00578. The first-order valence-corrected chi connectivity index (χ1v) is 38.1. The smallest absolute Gasteiger partial charge is 0.482 e. The minimum Gasteiger partial charge on any atom is -0.482 e. The molecule has 6 aromatic rings. The monoisotopic (exact) mass is 1350 g/mol. The van der Waals surface area contributed by atoms with Gasteiger partial charge in [-0.1, -0.05) is 257 Å². The molecule has 0 amide bonds. The number of ether oxygens (including phenoxy) is 2. The highest BCUT2D eigenvalue weighted by atomic mass is 35.5. The highest BCUT2D eigenvalue weighted by molar-refractivity contribution is 6.62. The molecule has 0 unspecified atom stereocenters. The molecule has 0 atom stereocenters. The van der Waals surface area contributed by atoms with E-state index in [0.29, 0.717) is 20.1 Å². The molecule has 4 heterocycles. The van der Waals surface area contributed by atoms with Crippen molar-refractivity contribution < 1.29 is 28.1 Å². The third-order valence-corrected chi connectivity index (χ3v) is 22.3. The third kappa shape index (κ3) is 18.1. The van der Waals surface area contributed by atoms with Gasteiger partial charge in [-0.15, -0.1) is 0 Å². The molecule has 94 heavy (non-hydrogen) atoms. The molecule has 0 spiro atoms. The average Bonchev–Trinajstić information content (AvgIpc) is 0.889. The SMILES string of the molecule is CCCCCCCCC1(CCCCCCCC)Oc2cc(-c3cc(Cl)cc(Cl)c3)ccc2-c2ccc(-c3cc(Cl)cc(Cl)c3)cc21.CCCCCCCCC1(CCCCCCCC)Oc2cc(B3OC(C)(C)C(C)(C)O3)ccc2-c2ccc(B3OC(C)(C)C(C)(C)O3)cc21. The fourth-order valence-corrected chi connectivity index (χ4v) is 15.4. The number of fused-ring (bicyclic) bond motifs is 6. The Bertz CT molecular complexity index is 3340. The standard InChI is InChI=1S/C41H64B2O5.C41H46Cl4O/c1-11-13-15-17-19-21-27-41(28-22-20-18-16-14-12-2)35-29-31(42-45-37(3,4)38(5,6)46-42)23-25-33(35)34-26-24-32(30-36(34)44-41)43-47-39(7,8)40(9,10)48-43;1-3-5-7-9-11-13-19-41(20-14-12-10-8-6-4-2)39-25-29(31-21-33(42)27-34(43)22-31)15-17-37(39)38-18-16-30(26-40(38)46-41)32-23-35(44)28-36(45)24-32/h23-26,29-30H,11-22,27-28H2,1-10H3;15-18,21-28H,3-14,19-20H2,1-2H3. The van der Waals surface area contributed by atoms with Gasteiger partial charge < -0.3 is 28.1 Å². The van der Waals surface area contributed by atoms with Gasteiger partial charge in [0.15, 0.2) is 0 Å². The first-order chi connectivity index (χ1) is 45.0. The Labute approximate surface area is 588 Å². The summed E-state index contributed by atoms with van der Waals surface area (Å²) in [4.78, 5) is 0. The van der Waals surface area contributed by atoms with Crippen molar-refractivity contribution in [3.63, 3.8) is 0 Å². The molecule has 6 aromatic carbocycles. The van der Waals surface area contributed by atoms with Crippen LogP contribution >= 0.6 is 46.4 Å². The van der Waals surface area contributed by atoms with Crippen LogP contribution in [-0.2, 0) is 29.8 Å². The molecule has 0 bridgehead atoms. The molecule has 2 fully saturated rings. The maximum Gasteiger partial charge on any atom is 0.494 e. The van der Waals surface area contributed by atoms with Crippen LogP contribution in [0.4, 0.5) is 0 Å². The predicted octanol–water partition coefficient (Wildman–Crippen LogP) is 25.4. The fraction of sp³-hybridized carbons (Fsp3) is 0.561. The molecule has 0 radical (unpaired) electrons. The number of unbranched alkanes of at least 4 members (excludes halogenated alkanes) is 20. The minimum absolute atomic E-state index is 0.394. The lowest BCUT2D eigenvalue weighted by Crippen LogP contribution is -2.41. The van der Waals surface area contributed by atoms with Gasteiger partial charge in [-0.25, -0.2) is 0 Å². The van der Waals surface area contributed by atoms with E-state index in [1.165, 1.54) is 151 Å². The Hall–Kier alpha value is -3.95. The van der Waals surface area contributed by atoms with Crippen molar-refractivity contribution in [1.82, 2.24) is 0 Å². The Morgan fingerprint density at radius 1 is 0.287 bits per heavy atom. The summed E-state index contributed by atoms with van der Waals surface area (Å²) < 4.78 is 40.9. The van der Waals surface area contributed by atoms with E-state index in [1.54, 1.807) is 12.1 Å². The summed E-state index contributed by atoms with van der Waals surface area (Å²) in [6.07, 6.45) is 34.0. The highest BCUT2D eigenvalue weighted by Crippen LogP contribution is 2.54. The molecule has 0 aliphatic carbocycles. The molecule has 508 valence electrons. The molecule has 12 heteroatoms. The van der Waals surface area contributed by atoms with E-state index in [0.717, 1.165) is 107 Å².